The summed E-state index contributed by atoms with van der Waals surface area (Å²) < 4.78 is 22.3. The summed E-state index contributed by atoms with van der Waals surface area (Å²) in [6, 6.07) is -0.0954. The molecular formula is C11H21N3O3S. The molecule has 1 aliphatic rings. The minimum atomic E-state index is -2.99. The number of oxime groups is 1. The quantitative estimate of drug-likeness (QED) is 0.214. The second-order valence-electron chi connectivity index (χ2n) is 5.19. The SMILES string of the molecule is CC(C)(CCCNC1C=CS(=O)(=O)C1)/C(N)=N/O. The molecule has 0 bridgehead atoms. The van der Waals surface area contributed by atoms with Gasteiger partial charge in [-0.05, 0) is 19.4 Å². The molecule has 1 unspecified atom stereocenters. The van der Waals surface area contributed by atoms with Crippen molar-refractivity contribution in [1.29, 1.82) is 0 Å². The van der Waals surface area contributed by atoms with Crippen molar-refractivity contribution in [3.05, 3.63) is 11.5 Å². The van der Waals surface area contributed by atoms with E-state index in [9.17, 15) is 8.42 Å². The molecule has 0 radical (unpaired) electrons. The van der Waals surface area contributed by atoms with Gasteiger partial charge in [0.1, 0.15) is 5.84 Å². The van der Waals surface area contributed by atoms with Gasteiger partial charge in [-0.15, -0.1) is 0 Å². The van der Waals surface area contributed by atoms with Crippen molar-refractivity contribution in [3.63, 3.8) is 0 Å². The smallest absolute Gasteiger partial charge is 0.173 e. The number of nitrogens with zero attached hydrogens (tertiary/aromatic N) is 1. The third-order valence-corrected chi connectivity index (χ3v) is 4.51. The predicted octanol–water partition coefficient (Wildman–Crippen LogP) is 0.440. The molecule has 1 atom stereocenters. The second-order valence-corrected chi connectivity index (χ2v) is 7.12. The van der Waals surface area contributed by atoms with Gasteiger partial charge in [0.05, 0.1) is 5.75 Å². The lowest BCUT2D eigenvalue weighted by Gasteiger charge is -2.23. The lowest BCUT2D eigenvalue weighted by molar-refractivity contribution is 0.304. The number of hydrogen-bond donors (Lipinski definition) is 3. The number of amidine groups is 1. The first kappa shape index (κ1) is 15.0. The van der Waals surface area contributed by atoms with Crippen LogP contribution >= 0.6 is 0 Å². The van der Waals surface area contributed by atoms with Crippen molar-refractivity contribution in [2.75, 3.05) is 12.3 Å². The van der Waals surface area contributed by atoms with Gasteiger partial charge in [0.25, 0.3) is 0 Å². The van der Waals surface area contributed by atoms with Crippen LogP contribution in [0, 0.1) is 5.41 Å². The highest BCUT2D eigenvalue weighted by atomic mass is 32.2. The average Bonchev–Trinajstić information content (AvgIpc) is 2.63. The molecule has 0 saturated carbocycles. The zero-order chi connectivity index (χ0) is 13.8. The first-order valence-corrected chi connectivity index (χ1v) is 7.61. The lowest BCUT2D eigenvalue weighted by Crippen LogP contribution is -2.34. The zero-order valence-electron chi connectivity index (χ0n) is 10.8. The molecular weight excluding hydrogens is 254 g/mol. The van der Waals surface area contributed by atoms with Crippen molar-refractivity contribution in [3.8, 4) is 0 Å². The van der Waals surface area contributed by atoms with E-state index in [1.807, 2.05) is 13.8 Å². The molecule has 18 heavy (non-hydrogen) atoms. The number of nitrogens with one attached hydrogen (secondary N) is 1. The van der Waals surface area contributed by atoms with Crippen LogP contribution in [0.2, 0.25) is 0 Å². The summed E-state index contributed by atoms with van der Waals surface area (Å²) in [6.07, 6.45) is 3.26. The maximum atomic E-state index is 11.2. The Morgan fingerprint density at radius 1 is 1.61 bits per heavy atom. The maximum absolute atomic E-state index is 11.2. The van der Waals surface area contributed by atoms with Crippen molar-refractivity contribution in [1.82, 2.24) is 5.32 Å². The van der Waals surface area contributed by atoms with Crippen LogP contribution in [-0.2, 0) is 9.84 Å². The number of hydrogen-bond acceptors (Lipinski definition) is 5. The number of nitrogens with two attached hydrogens (primary N) is 1. The zero-order valence-corrected chi connectivity index (χ0v) is 11.6. The summed E-state index contributed by atoms with van der Waals surface area (Å²) in [5.41, 5.74) is 5.23. The monoisotopic (exact) mass is 275 g/mol. The fourth-order valence-corrected chi connectivity index (χ4v) is 3.05. The predicted molar refractivity (Wildman–Crippen MR) is 71.1 cm³/mol. The second kappa shape index (κ2) is 5.71. The Labute approximate surface area is 108 Å². The summed E-state index contributed by atoms with van der Waals surface area (Å²) in [6.45, 7) is 4.51. The number of sulfone groups is 1. The van der Waals surface area contributed by atoms with E-state index in [1.165, 1.54) is 5.41 Å². The van der Waals surface area contributed by atoms with Gasteiger partial charge in [-0.25, -0.2) is 8.42 Å². The molecule has 1 heterocycles. The Morgan fingerprint density at radius 2 is 2.28 bits per heavy atom. The summed E-state index contributed by atoms with van der Waals surface area (Å²) in [5, 5.41) is 16.1. The molecule has 0 spiro atoms. The van der Waals surface area contributed by atoms with E-state index < -0.39 is 9.84 Å². The molecule has 0 fully saturated rings. The molecule has 0 aromatic rings. The van der Waals surface area contributed by atoms with Gasteiger partial charge >= 0.3 is 0 Å². The molecule has 0 saturated heterocycles. The average molecular weight is 275 g/mol. The fraction of sp³-hybridized carbons (Fsp3) is 0.727. The molecule has 0 amide bonds. The first-order chi connectivity index (χ1) is 8.27. The number of rotatable bonds is 6. The van der Waals surface area contributed by atoms with Gasteiger partial charge < -0.3 is 16.3 Å². The molecule has 104 valence electrons. The standard InChI is InChI=1S/C11H21N3O3S/c1-11(2,10(12)14-15)5-3-6-13-9-4-7-18(16,17)8-9/h4,7,9,13,15H,3,5-6,8H2,1-2H3,(H2,12,14). The molecule has 4 N–H and O–H groups in total. The van der Waals surface area contributed by atoms with Crippen molar-refractivity contribution in [2.45, 2.75) is 32.7 Å². The van der Waals surface area contributed by atoms with Crippen molar-refractivity contribution in [2.24, 2.45) is 16.3 Å². The Morgan fingerprint density at radius 3 is 2.78 bits per heavy atom. The van der Waals surface area contributed by atoms with Crippen LogP contribution in [0.1, 0.15) is 26.7 Å². The molecule has 1 rings (SSSR count). The summed E-state index contributed by atoms with van der Waals surface area (Å²) in [5.74, 6) is 0.349. The molecule has 7 heteroatoms. The van der Waals surface area contributed by atoms with Crippen molar-refractivity contribution >= 4 is 15.7 Å². The van der Waals surface area contributed by atoms with Crippen molar-refractivity contribution < 1.29 is 13.6 Å². The topological polar surface area (TPSA) is 105 Å². The molecule has 0 aromatic heterocycles. The Kier molecular flexibility index (Phi) is 4.75. The molecule has 0 aromatic carbocycles. The highest BCUT2D eigenvalue weighted by Crippen LogP contribution is 2.22. The van der Waals surface area contributed by atoms with Crippen LogP contribution in [0.4, 0.5) is 0 Å². The van der Waals surface area contributed by atoms with Crippen LogP contribution < -0.4 is 11.1 Å². The van der Waals surface area contributed by atoms with Crippen LogP contribution in [0.5, 0.6) is 0 Å². The van der Waals surface area contributed by atoms with Crippen LogP contribution in [-0.4, -0.2) is 37.8 Å². The van der Waals surface area contributed by atoms with Crippen LogP contribution in [0.3, 0.4) is 0 Å². The van der Waals surface area contributed by atoms with Gasteiger partial charge in [-0.2, -0.15) is 0 Å². The first-order valence-electron chi connectivity index (χ1n) is 5.89. The van der Waals surface area contributed by atoms with E-state index in [2.05, 4.69) is 10.5 Å². The molecule has 6 nitrogen and oxygen atoms in total. The highest BCUT2D eigenvalue weighted by Gasteiger charge is 2.24. The van der Waals surface area contributed by atoms with Gasteiger partial charge in [0.15, 0.2) is 9.84 Å². The van der Waals surface area contributed by atoms with Gasteiger partial charge in [0, 0.05) is 16.9 Å². The Balaban J connectivity index is 2.26. The largest absolute Gasteiger partial charge is 0.409 e. The molecule has 0 aliphatic carbocycles. The van der Waals surface area contributed by atoms with E-state index in [4.69, 9.17) is 10.9 Å². The van der Waals surface area contributed by atoms with Gasteiger partial charge in [-0.3, -0.25) is 0 Å². The Hall–Kier alpha value is -1.08. The minimum Gasteiger partial charge on any atom is -0.409 e. The van der Waals surface area contributed by atoms with E-state index in [1.54, 1.807) is 6.08 Å². The Bertz CT molecular complexity index is 440. The fourth-order valence-electron chi connectivity index (χ4n) is 1.78. The maximum Gasteiger partial charge on any atom is 0.173 e. The van der Waals surface area contributed by atoms with E-state index in [-0.39, 0.29) is 23.0 Å². The van der Waals surface area contributed by atoms with Gasteiger partial charge in [-0.1, -0.05) is 25.1 Å². The normalized spacial score (nSPS) is 23.4. The molecule has 1 aliphatic heterocycles. The summed E-state index contributed by atoms with van der Waals surface area (Å²) in [4.78, 5) is 0. The minimum absolute atomic E-state index is 0.0954. The van der Waals surface area contributed by atoms with Crippen LogP contribution in [0.15, 0.2) is 16.6 Å². The van der Waals surface area contributed by atoms with Gasteiger partial charge in [0.2, 0.25) is 0 Å². The lowest BCUT2D eigenvalue weighted by atomic mass is 9.86. The van der Waals surface area contributed by atoms with E-state index in [0.717, 1.165) is 12.8 Å². The highest BCUT2D eigenvalue weighted by molar-refractivity contribution is 7.94. The third kappa shape index (κ3) is 4.30. The summed E-state index contributed by atoms with van der Waals surface area (Å²) in [7, 11) is -2.99. The third-order valence-electron chi connectivity index (χ3n) is 3.12. The van der Waals surface area contributed by atoms with E-state index >= 15 is 0 Å². The van der Waals surface area contributed by atoms with E-state index in [0.29, 0.717) is 6.54 Å². The van der Waals surface area contributed by atoms with Crippen LogP contribution in [0.25, 0.3) is 0 Å². The summed E-state index contributed by atoms with van der Waals surface area (Å²) >= 11 is 0.